The van der Waals surface area contributed by atoms with Gasteiger partial charge in [-0.1, -0.05) is 30.3 Å². The molecule has 0 bridgehead atoms. The summed E-state index contributed by atoms with van der Waals surface area (Å²) >= 11 is 0. The van der Waals surface area contributed by atoms with Crippen molar-refractivity contribution in [2.45, 2.75) is 37.2 Å². The number of hydrogen-bond acceptors (Lipinski definition) is 4. The van der Waals surface area contributed by atoms with Gasteiger partial charge in [-0.05, 0) is 49.1 Å². The molecular formula is C20H24N2O4S. The van der Waals surface area contributed by atoms with E-state index in [2.05, 4.69) is 5.32 Å². The van der Waals surface area contributed by atoms with Crippen molar-refractivity contribution in [3.63, 3.8) is 0 Å². The van der Waals surface area contributed by atoms with Crippen LogP contribution in [0.5, 0.6) is 5.75 Å². The number of carbonyl (C=O) groups is 1. The topological polar surface area (TPSA) is 75.7 Å². The Kier molecular flexibility index (Phi) is 5.82. The Morgan fingerprint density at radius 1 is 1.19 bits per heavy atom. The molecule has 0 aliphatic heterocycles. The van der Waals surface area contributed by atoms with Crippen molar-refractivity contribution in [3.05, 3.63) is 59.7 Å². The molecule has 2 aromatic carbocycles. The molecule has 1 aliphatic carbocycles. The van der Waals surface area contributed by atoms with Gasteiger partial charge in [-0.25, -0.2) is 8.42 Å². The number of carbonyl (C=O) groups excluding carboxylic acids is 1. The van der Waals surface area contributed by atoms with Crippen LogP contribution in [0.15, 0.2) is 53.4 Å². The highest BCUT2D eigenvalue weighted by atomic mass is 32.2. The highest BCUT2D eigenvalue weighted by Crippen LogP contribution is 2.25. The fourth-order valence-electron chi connectivity index (χ4n) is 2.83. The predicted molar refractivity (Wildman–Crippen MR) is 103 cm³/mol. The number of benzene rings is 2. The summed E-state index contributed by atoms with van der Waals surface area (Å²) in [4.78, 5) is 12.5. The van der Waals surface area contributed by atoms with Gasteiger partial charge < -0.3 is 10.1 Å². The summed E-state index contributed by atoms with van der Waals surface area (Å²) in [6.07, 6.45) is 1.91. The van der Waals surface area contributed by atoms with Crippen molar-refractivity contribution in [3.8, 4) is 5.75 Å². The van der Waals surface area contributed by atoms with E-state index in [1.54, 1.807) is 26.2 Å². The minimum absolute atomic E-state index is 0.131. The van der Waals surface area contributed by atoms with Gasteiger partial charge in [0.05, 0.1) is 18.6 Å². The Morgan fingerprint density at radius 2 is 1.89 bits per heavy atom. The summed E-state index contributed by atoms with van der Waals surface area (Å²) in [5.74, 6) is 0.345. The van der Waals surface area contributed by atoms with Crippen molar-refractivity contribution in [1.82, 2.24) is 9.62 Å². The molecule has 1 saturated carbocycles. The Morgan fingerprint density at radius 3 is 2.48 bits per heavy atom. The number of ether oxygens (including phenoxy) is 1. The highest BCUT2D eigenvalue weighted by Gasteiger charge is 2.30. The zero-order valence-electron chi connectivity index (χ0n) is 15.5. The Balaban J connectivity index is 1.89. The molecule has 0 spiro atoms. The van der Waals surface area contributed by atoms with Crippen LogP contribution in [0, 0.1) is 6.92 Å². The molecule has 0 atom stereocenters. The van der Waals surface area contributed by atoms with Crippen LogP contribution in [0.4, 0.5) is 0 Å². The Labute approximate surface area is 160 Å². The fraction of sp³-hybridized carbons (Fsp3) is 0.350. The van der Waals surface area contributed by atoms with Crippen molar-refractivity contribution in [2.75, 3.05) is 13.7 Å². The zero-order valence-corrected chi connectivity index (χ0v) is 16.3. The lowest BCUT2D eigenvalue weighted by Crippen LogP contribution is -2.41. The number of amides is 1. The molecule has 1 aliphatic rings. The number of methoxy groups -OCH3 is 1. The van der Waals surface area contributed by atoms with E-state index in [-0.39, 0.29) is 29.9 Å². The maximum atomic E-state index is 13.2. The average Bonchev–Trinajstić information content (AvgIpc) is 3.45. The molecule has 7 heteroatoms. The summed E-state index contributed by atoms with van der Waals surface area (Å²) in [6, 6.07) is 14.2. The molecule has 0 heterocycles. The lowest BCUT2D eigenvalue weighted by molar-refractivity contribution is -0.121. The standard InChI is InChI=1S/C20H24N2O4S/c1-15-12-18(10-11-19(15)26-2)27(24,25)22(13-16-6-4-3-5-7-16)14-20(23)21-17-8-9-17/h3-7,10-12,17H,8-9,13-14H2,1-2H3,(H,21,23). The van der Waals surface area contributed by atoms with Crippen LogP contribution in [0.25, 0.3) is 0 Å². The summed E-state index contributed by atoms with van der Waals surface area (Å²) in [6.45, 7) is 1.71. The maximum absolute atomic E-state index is 13.2. The minimum Gasteiger partial charge on any atom is -0.496 e. The third-order valence-electron chi connectivity index (χ3n) is 4.47. The van der Waals surface area contributed by atoms with Gasteiger partial charge in [0.15, 0.2) is 0 Å². The number of rotatable bonds is 8. The summed E-state index contributed by atoms with van der Waals surface area (Å²) in [5, 5.41) is 2.86. The monoisotopic (exact) mass is 388 g/mol. The summed E-state index contributed by atoms with van der Waals surface area (Å²) in [5.41, 5.74) is 1.55. The molecule has 27 heavy (non-hydrogen) atoms. The van der Waals surface area contributed by atoms with E-state index in [1.165, 1.54) is 10.4 Å². The first kappa shape index (κ1) is 19.4. The largest absolute Gasteiger partial charge is 0.496 e. The van der Waals surface area contributed by atoms with Gasteiger partial charge >= 0.3 is 0 Å². The van der Waals surface area contributed by atoms with E-state index in [1.807, 2.05) is 30.3 Å². The third-order valence-corrected chi connectivity index (χ3v) is 6.26. The molecular weight excluding hydrogens is 364 g/mol. The van der Waals surface area contributed by atoms with E-state index >= 15 is 0 Å². The van der Waals surface area contributed by atoms with Crippen LogP contribution in [0.1, 0.15) is 24.0 Å². The van der Waals surface area contributed by atoms with Crippen LogP contribution in [0.3, 0.4) is 0 Å². The average molecular weight is 388 g/mol. The quantitative estimate of drug-likeness (QED) is 0.754. The smallest absolute Gasteiger partial charge is 0.243 e. The third kappa shape index (κ3) is 4.87. The number of hydrogen-bond donors (Lipinski definition) is 1. The van der Waals surface area contributed by atoms with E-state index in [9.17, 15) is 13.2 Å². The van der Waals surface area contributed by atoms with E-state index in [4.69, 9.17) is 4.74 Å². The van der Waals surface area contributed by atoms with E-state index < -0.39 is 10.0 Å². The van der Waals surface area contributed by atoms with Gasteiger partial charge in [0.1, 0.15) is 5.75 Å². The van der Waals surface area contributed by atoms with Gasteiger partial charge in [0.2, 0.25) is 15.9 Å². The van der Waals surface area contributed by atoms with Gasteiger partial charge in [-0.2, -0.15) is 4.31 Å². The molecule has 0 saturated heterocycles. The van der Waals surface area contributed by atoms with Gasteiger partial charge in [0, 0.05) is 12.6 Å². The first-order chi connectivity index (χ1) is 12.9. The second-order valence-electron chi connectivity index (χ2n) is 6.73. The Hall–Kier alpha value is -2.38. The highest BCUT2D eigenvalue weighted by molar-refractivity contribution is 7.89. The molecule has 0 aromatic heterocycles. The molecule has 1 amide bonds. The first-order valence-electron chi connectivity index (χ1n) is 8.88. The second kappa shape index (κ2) is 8.10. The molecule has 0 radical (unpaired) electrons. The molecule has 6 nitrogen and oxygen atoms in total. The predicted octanol–water partition coefficient (Wildman–Crippen LogP) is 2.47. The molecule has 144 valence electrons. The number of aryl methyl sites for hydroxylation is 1. The Bertz CT molecular complexity index is 909. The normalized spacial score (nSPS) is 14.2. The van der Waals surface area contributed by atoms with Crippen molar-refractivity contribution in [1.29, 1.82) is 0 Å². The van der Waals surface area contributed by atoms with Crippen LogP contribution in [-0.2, 0) is 21.4 Å². The summed E-state index contributed by atoms with van der Waals surface area (Å²) < 4.78 is 32.9. The zero-order chi connectivity index (χ0) is 19.4. The van der Waals surface area contributed by atoms with Crippen LogP contribution in [-0.4, -0.2) is 38.3 Å². The SMILES string of the molecule is COc1ccc(S(=O)(=O)N(CC(=O)NC2CC2)Cc2ccccc2)cc1C. The van der Waals surface area contributed by atoms with Crippen molar-refractivity contribution < 1.29 is 17.9 Å². The van der Waals surface area contributed by atoms with Crippen LogP contribution < -0.4 is 10.1 Å². The fourth-order valence-corrected chi connectivity index (χ4v) is 4.30. The number of sulfonamides is 1. The molecule has 2 aromatic rings. The lowest BCUT2D eigenvalue weighted by atomic mass is 10.2. The molecule has 0 unspecified atom stereocenters. The molecule has 1 N–H and O–H groups in total. The van der Waals surface area contributed by atoms with Gasteiger partial charge in [-0.3, -0.25) is 4.79 Å². The first-order valence-corrected chi connectivity index (χ1v) is 10.3. The van der Waals surface area contributed by atoms with Crippen molar-refractivity contribution >= 4 is 15.9 Å². The second-order valence-corrected chi connectivity index (χ2v) is 8.67. The lowest BCUT2D eigenvalue weighted by Gasteiger charge is -2.22. The van der Waals surface area contributed by atoms with Crippen LogP contribution >= 0.6 is 0 Å². The number of nitrogens with zero attached hydrogens (tertiary/aromatic N) is 1. The maximum Gasteiger partial charge on any atom is 0.243 e. The molecule has 3 rings (SSSR count). The minimum atomic E-state index is -3.84. The van der Waals surface area contributed by atoms with E-state index in [0.717, 1.165) is 24.0 Å². The number of nitrogens with one attached hydrogen (secondary N) is 1. The van der Waals surface area contributed by atoms with E-state index in [0.29, 0.717) is 5.75 Å². The van der Waals surface area contributed by atoms with Crippen LogP contribution in [0.2, 0.25) is 0 Å². The molecule has 1 fully saturated rings. The van der Waals surface area contributed by atoms with Crippen molar-refractivity contribution in [2.24, 2.45) is 0 Å². The van der Waals surface area contributed by atoms with Gasteiger partial charge in [0.25, 0.3) is 0 Å². The summed E-state index contributed by atoms with van der Waals surface area (Å²) in [7, 11) is -2.30. The van der Waals surface area contributed by atoms with Gasteiger partial charge in [-0.15, -0.1) is 0 Å².